The van der Waals surface area contributed by atoms with E-state index in [1.165, 1.54) is 0 Å². The van der Waals surface area contributed by atoms with Crippen molar-refractivity contribution in [3.05, 3.63) is 17.5 Å². The SMILES string of the molecule is CC(C)c1cc(C(=O)N[C@@H]2C[C@H]3CO[C@H](C)CN3C2)nc(N)n1. The first-order valence-corrected chi connectivity index (χ1v) is 8.23. The van der Waals surface area contributed by atoms with Gasteiger partial charge in [0, 0.05) is 30.9 Å². The molecule has 2 fully saturated rings. The normalized spacial score (nSPS) is 27.9. The summed E-state index contributed by atoms with van der Waals surface area (Å²) in [6.07, 6.45) is 1.17. The summed E-state index contributed by atoms with van der Waals surface area (Å²) in [6.45, 7) is 8.64. The van der Waals surface area contributed by atoms with E-state index < -0.39 is 0 Å². The van der Waals surface area contributed by atoms with Crippen LogP contribution in [0.15, 0.2) is 6.07 Å². The zero-order valence-corrected chi connectivity index (χ0v) is 14.0. The first kappa shape index (κ1) is 16.1. The van der Waals surface area contributed by atoms with Gasteiger partial charge < -0.3 is 15.8 Å². The number of rotatable bonds is 3. The first-order chi connectivity index (χ1) is 10.9. The van der Waals surface area contributed by atoms with Crippen LogP contribution in [0.3, 0.4) is 0 Å². The standard InChI is InChI=1S/C16H25N5O2/c1-9(2)13-5-14(20-16(17)19-13)15(22)18-11-4-12-8-23-10(3)6-21(12)7-11/h5,9-12H,4,6-8H2,1-3H3,(H,18,22)(H2,17,19,20)/t10-,11-,12+/m1/s1. The smallest absolute Gasteiger partial charge is 0.270 e. The van der Waals surface area contributed by atoms with Crippen LogP contribution >= 0.6 is 0 Å². The lowest BCUT2D eigenvalue weighted by Gasteiger charge is -2.33. The van der Waals surface area contributed by atoms with Gasteiger partial charge in [0.2, 0.25) is 5.95 Å². The molecule has 2 aliphatic rings. The molecular weight excluding hydrogens is 294 g/mol. The molecule has 3 atom stereocenters. The van der Waals surface area contributed by atoms with E-state index >= 15 is 0 Å². The fourth-order valence-corrected chi connectivity index (χ4v) is 3.30. The molecule has 2 aliphatic heterocycles. The number of nitrogens with zero attached hydrogens (tertiary/aromatic N) is 3. The van der Waals surface area contributed by atoms with E-state index in [1.807, 2.05) is 13.8 Å². The molecule has 7 heteroatoms. The molecule has 7 nitrogen and oxygen atoms in total. The van der Waals surface area contributed by atoms with Crippen molar-refractivity contribution in [2.75, 3.05) is 25.4 Å². The summed E-state index contributed by atoms with van der Waals surface area (Å²) >= 11 is 0. The number of carbonyl (C=O) groups is 1. The zero-order chi connectivity index (χ0) is 16.6. The van der Waals surface area contributed by atoms with E-state index in [-0.39, 0.29) is 29.9 Å². The number of nitrogen functional groups attached to an aromatic ring is 1. The van der Waals surface area contributed by atoms with Gasteiger partial charge in [-0.2, -0.15) is 0 Å². The van der Waals surface area contributed by atoms with Crippen molar-refractivity contribution >= 4 is 11.9 Å². The van der Waals surface area contributed by atoms with Gasteiger partial charge in [0.15, 0.2) is 0 Å². The van der Waals surface area contributed by atoms with Crippen LogP contribution in [0.1, 0.15) is 49.3 Å². The minimum Gasteiger partial charge on any atom is -0.376 e. The quantitative estimate of drug-likeness (QED) is 0.855. The number of hydrogen-bond donors (Lipinski definition) is 2. The van der Waals surface area contributed by atoms with Crippen LogP contribution in [0.4, 0.5) is 5.95 Å². The van der Waals surface area contributed by atoms with Gasteiger partial charge >= 0.3 is 0 Å². The molecule has 1 amide bonds. The minimum atomic E-state index is -0.181. The molecule has 3 rings (SSSR count). The number of nitrogens with one attached hydrogen (secondary N) is 1. The van der Waals surface area contributed by atoms with Crippen LogP contribution in [0.5, 0.6) is 0 Å². The lowest BCUT2D eigenvalue weighted by atomic mass is 10.1. The molecule has 2 saturated heterocycles. The Balaban J connectivity index is 1.66. The number of fused-ring (bicyclic) bond motifs is 1. The Bertz CT molecular complexity index is 592. The van der Waals surface area contributed by atoms with Crippen LogP contribution in [-0.2, 0) is 4.74 Å². The van der Waals surface area contributed by atoms with Crippen molar-refractivity contribution < 1.29 is 9.53 Å². The summed E-state index contributed by atoms with van der Waals surface area (Å²) in [5.74, 6) is 0.165. The van der Waals surface area contributed by atoms with Gasteiger partial charge in [-0.25, -0.2) is 9.97 Å². The van der Waals surface area contributed by atoms with Crippen LogP contribution in [-0.4, -0.2) is 58.7 Å². The molecule has 0 radical (unpaired) electrons. The summed E-state index contributed by atoms with van der Waals surface area (Å²) < 4.78 is 5.70. The second kappa shape index (κ2) is 6.41. The minimum absolute atomic E-state index is 0.125. The Labute approximate surface area is 136 Å². The lowest BCUT2D eigenvalue weighted by Crippen LogP contribution is -2.45. The Morgan fingerprint density at radius 1 is 1.43 bits per heavy atom. The molecule has 3 N–H and O–H groups in total. The van der Waals surface area contributed by atoms with E-state index in [1.54, 1.807) is 6.07 Å². The Hall–Kier alpha value is -1.73. The summed E-state index contributed by atoms with van der Waals surface area (Å²) in [5.41, 5.74) is 6.86. The Morgan fingerprint density at radius 2 is 2.22 bits per heavy atom. The highest BCUT2D eigenvalue weighted by Crippen LogP contribution is 2.23. The second-order valence-corrected chi connectivity index (χ2v) is 6.85. The number of anilines is 1. The molecule has 23 heavy (non-hydrogen) atoms. The monoisotopic (exact) mass is 319 g/mol. The van der Waals surface area contributed by atoms with Crippen LogP contribution in [0.25, 0.3) is 0 Å². The van der Waals surface area contributed by atoms with Crippen molar-refractivity contribution in [2.24, 2.45) is 0 Å². The molecule has 1 aromatic rings. The van der Waals surface area contributed by atoms with Gasteiger partial charge in [0.1, 0.15) is 5.69 Å². The summed E-state index contributed by atoms with van der Waals surface area (Å²) in [7, 11) is 0. The van der Waals surface area contributed by atoms with Crippen molar-refractivity contribution in [1.82, 2.24) is 20.2 Å². The molecular formula is C16H25N5O2. The predicted molar refractivity (Wildman–Crippen MR) is 87.2 cm³/mol. The highest BCUT2D eigenvalue weighted by molar-refractivity contribution is 5.92. The van der Waals surface area contributed by atoms with Crippen LogP contribution in [0.2, 0.25) is 0 Å². The highest BCUT2D eigenvalue weighted by Gasteiger charge is 2.36. The third-order valence-electron chi connectivity index (χ3n) is 4.52. The van der Waals surface area contributed by atoms with Crippen molar-refractivity contribution in [2.45, 2.75) is 51.3 Å². The molecule has 0 unspecified atom stereocenters. The highest BCUT2D eigenvalue weighted by atomic mass is 16.5. The van der Waals surface area contributed by atoms with Gasteiger partial charge in [0.25, 0.3) is 5.91 Å². The zero-order valence-electron chi connectivity index (χ0n) is 14.0. The number of nitrogens with two attached hydrogens (primary N) is 1. The molecule has 0 aliphatic carbocycles. The maximum Gasteiger partial charge on any atom is 0.270 e. The summed E-state index contributed by atoms with van der Waals surface area (Å²) in [6, 6.07) is 2.25. The average molecular weight is 319 g/mol. The van der Waals surface area contributed by atoms with Crippen molar-refractivity contribution in [3.8, 4) is 0 Å². The van der Waals surface area contributed by atoms with Gasteiger partial charge in [-0.05, 0) is 25.3 Å². The fraction of sp³-hybridized carbons (Fsp3) is 0.688. The molecule has 0 aromatic carbocycles. The number of amides is 1. The molecule has 3 heterocycles. The molecule has 0 spiro atoms. The molecule has 0 bridgehead atoms. The lowest BCUT2D eigenvalue weighted by molar-refractivity contribution is -0.0390. The number of ether oxygens (including phenoxy) is 1. The first-order valence-electron chi connectivity index (χ1n) is 8.23. The van der Waals surface area contributed by atoms with Crippen molar-refractivity contribution in [3.63, 3.8) is 0 Å². The van der Waals surface area contributed by atoms with Crippen molar-refractivity contribution in [1.29, 1.82) is 0 Å². The second-order valence-electron chi connectivity index (χ2n) is 6.85. The number of aromatic nitrogens is 2. The van der Waals surface area contributed by atoms with Gasteiger partial charge in [-0.1, -0.05) is 13.8 Å². The summed E-state index contributed by atoms with van der Waals surface area (Å²) in [4.78, 5) is 23.1. The maximum atomic E-state index is 12.5. The predicted octanol–water partition coefficient (Wildman–Crippen LogP) is 0.774. The third-order valence-corrected chi connectivity index (χ3v) is 4.52. The van der Waals surface area contributed by atoms with Gasteiger partial charge in [-0.3, -0.25) is 9.69 Å². The van der Waals surface area contributed by atoms with E-state index in [9.17, 15) is 4.79 Å². The number of carbonyl (C=O) groups excluding carboxylic acids is 1. The molecule has 0 saturated carbocycles. The largest absolute Gasteiger partial charge is 0.376 e. The third kappa shape index (κ3) is 3.61. The fourth-order valence-electron chi connectivity index (χ4n) is 3.30. The van der Waals surface area contributed by atoms with E-state index in [4.69, 9.17) is 10.5 Å². The van der Waals surface area contributed by atoms with Crippen LogP contribution < -0.4 is 11.1 Å². The number of hydrogen-bond acceptors (Lipinski definition) is 6. The van der Waals surface area contributed by atoms with E-state index in [0.717, 1.165) is 31.8 Å². The Kier molecular flexibility index (Phi) is 4.50. The van der Waals surface area contributed by atoms with Crippen LogP contribution in [0, 0.1) is 0 Å². The number of morpholine rings is 1. The maximum absolute atomic E-state index is 12.5. The van der Waals surface area contributed by atoms with Gasteiger partial charge in [0.05, 0.1) is 12.7 Å². The molecule has 126 valence electrons. The Morgan fingerprint density at radius 3 is 2.96 bits per heavy atom. The molecule has 1 aromatic heterocycles. The topological polar surface area (TPSA) is 93.4 Å². The van der Waals surface area contributed by atoms with E-state index in [0.29, 0.717) is 11.7 Å². The summed E-state index contributed by atoms with van der Waals surface area (Å²) in [5, 5.41) is 3.08. The van der Waals surface area contributed by atoms with E-state index in [2.05, 4.69) is 27.1 Å². The average Bonchev–Trinajstić information content (AvgIpc) is 2.87. The van der Waals surface area contributed by atoms with Gasteiger partial charge in [-0.15, -0.1) is 0 Å².